The van der Waals surface area contributed by atoms with Crippen LogP contribution in [-0.4, -0.2) is 49.2 Å². The van der Waals surface area contributed by atoms with Gasteiger partial charge in [0.05, 0.1) is 36.1 Å². The number of pyridine rings is 2. The van der Waals surface area contributed by atoms with Crippen LogP contribution in [0.15, 0.2) is 73.6 Å². The first-order chi connectivity index (χ1) is 25.1. The topological polar surface area (TPSA) is 209 Å². The lowest BCUT2D eigenvalue weighted by molar-refractivity contribution is 0.244. The lowest BCUT2D eigenvalue weighted by Crippen LogP contribution is -2.31. The Bertz CT molecular complexity index is 2230. The van der Waals surface area contributed by atoms with E-state index in [0.29, 0.717) is 13.1 Å². The third-order valence-corrected chi connectivity index (χ3v) is 8.51. The van der Waals surface area contributed by atoms with E-state index in [1.807, 2.05) is 78.3 Å². The molecule has 6 N–H and O–H groups in total. The van der Waals surface area contributed by atoms with Crippen LogP contribution in [0, 0.1) is 22.9 Å². The molecule has 0 saturated carbocycles. The zero-order valence-electron chi connectivity index (χ0n) is 30.3. The molecule has 15 heteroatoms. The number of imidazole rings is 2. The summed E-state index contributed by atoms with van der Waals surface area (Å²) in [7, 11) is 7.98. The smallest absolute Gasteiger partial charge is 0.328 e. The molecule has 6 aromatic rings. The summed E-state index contributed by atoms with van der Waals surface area (Å²) in [5.41, 5.74) is 20.5. The molecule has 0 aliphatic carbocycles. The number of hydrogen-bond donors (Lipinski definition) is 4. The molecule has 52 heavy (non-hydrogen) atoms. The van der Waals surface area contributed by atoms with Crippen molar-refractivity contribution >= 4 is 51.1 Å². The number of anilines is 4. The van der Waals surface area contributed by atoms with E-state index in [1.54, 1.807) is 18.7 Å². The summed E-state index contributed by atoms with van der Waals surface area (Å²) in [4.78, 5) is 33.2. The number of rotatable bonds is 9. The van der Waals surface area contributed by atoms with Crippen molar-refractivity contribution in [3.05, 3.63) is 95.8 Å². The van der Waals surface area contributed by atoms with Crippen LogP contribution in [-0.2, 0) is 40.0 Å². The summed E-state index contributed by atoms with van der Waals surface area (Å²) >= 11 is 0. The molecule has 2 aromatic carbocycles. The maximum absolute atomic E-state index is 11.4. The molecule has 0 fully saturated rings. The predicted octanol–water partition coefficient (Wildman–Crippen LogP) is 4.76. The summed E-state index contributed by atoms with van der Waals surface area (Å²) in [6.45, 7) is 5.16. The molecule has 6 rings (SSSR count). The normalized spacial score (nSPS) is 10.2. The van der Waals surface area contributed by atoms with Gasteiger partial charge in [0.1, 0.15) is 22.7 Å². The number of nitrogens with one attached hydrogen (secondary N) is 2. The molecule has 0 aliphatic rings. The molecule has 268 valence electrons. The highest BCUT2D eigenvalue weighted by Gasteiger charge is 2.14. The van der Waals surface area contributed by atoms with Crippen molar-refractivity contribution < 1.29 is 4.79 Å². The average molecular weight is 701 g/mol. The Morgan fingerprint density at radius 3 is 1.69 bits per heavy atom. The van der Waals surface area contributed by atoms with E-state index >= 15 is 0 Å². The summed E-state index contributed by atoms with van der Waals surface area (Å²) in [5.74, 6) is 1.74. The number of fused-ring (bicyclic) bond motifs is 2. The van der Waals surface area contributed by atoms with Crippen LogP contribution in [0.4, 0.5) is 27.8 Å². The number of amides is 2. The Balaban J connectivity index is 0.000000220. The molecule has 0 bridgehead atoms. The van der Waals surface area contributed by atoms with E-state index in [-0.39, 0.29) is 0 Å². The van der Waals surface area contributed by atoms with Gasteiger partial charge in [0.25, 0.3) is 0 Å². The Hall–Kier alpha value is -6.71. The fourth-order valence-corrected chi connectivity index (χ4v) is 5.67. The molecule has 0 aliphatic heterocycles. The van der Waals surface area contributed by atoms with Gasteiger partial charge in [-0.2, -0.15) is 10.5 Å². The van der Waals surface area contributed by atoms with Gasteiger partial charge >= 0.3 is 6.03 Å². The molecule has 4 heterocycles. The lowest BCUT2D eigenvalue weighted by atomic mass is 10.1. The largest absolute Gasteiger partial charge is 0.337 e. The second-order valence-corrected chi connectivity index (χ2v) is 11.8. The van der Waals surface area contributed by atoms with Crippen LogP contribution in [0.3, 0.4) is 0 Å². The van der Waals surface area contributed by atoms with Gasteiger partial charge in [-0.15, -0.1) is 0 Å². The van der Waals surface area contributed by atoms with E-state index in [0.717, 1.165) is 74.6 Å². The van der Waals surface area contributed by atoms with E-state index in [1.165, 1.54) is 11.8 Å². The lowest BCUT2D eigenvalue weighted by Gasteiger charge is -2.22. The number of aryl methyl sites for hydroxylation is 4. The maximum atomic E-state index is 11.4. The zero-order valence-corrected chi connectivity index (χ0v) is 30.3. The standard InChI is InChI=1S/C19H21N7O.C17H21N5.CH2N2/c1-4-14-7-13(9-22-19(27)23-11-20)5-6-16(14)26(3)18-8-17-15(10-21-18)24-12-25(17)2;1-4-13-7-12(9-18)5-6-15(13)22(3)17-8-16-14(10-19-17)20-11-21(16)2;2-1-3/h5-8,10,12H,4,9H2,1-3H3,(H2,22,23,27);5-8,10-11H,4,9,18H2,1-3H3;2H2. The highest BCUT2D eigenvalue weighted by Crippen LogP contribution is 2.30. The molecular weight excluding hydrogens is 657 g/mol. The minimum atomic E-state index is -0.509. The Morgan fingerprint density at radius 2 is 1.25 bits per heavy atom. The third-order valence-electron chi connectivity index (χ3n) is 8.51. The van der Waals surface area contributed by atoms with Gasteiger partial charge in [-0.1, -0.05) is 38.1 Å². The second kappa shape index (κ2) is 17.8. The predicted molar refractivity (Wildman–Crippen MR) is 203 cm³/mol. The van der Waals surface area contributed by atoms with Crippen molar-refractivity contribution in [3.8, 4) is 12.4 Å². The van der Waals surface area contributed by atoms with E-state index in [2.05, 4.69) is 80.1 Å². The van der Waals surface area contributed by atoms with Crippen LogP contribution in [0.25, 0.3) is 22.1 Å². The van der Waals surface area contributed by atoms with Gasteiger partial charge in [-0.3, -0.25) is 0 Å². The molecule has 0 atom stereocenters. The molecule has 0 spiro atoms. The molecule has 0 saturated heterocycles. The van der Waals surface area contributed by atoms with Gasteiger partial charge in [0.15, 0.2) is 12.4 Å². The number of nitriles is 2. The van der Waals surface area contributed by atoms with E-state index in [4.69, 9.17) is 16.3 Å². The Kier molecular flexibility index (Phi) is 13.0. The van der Waals surface area contributed by atoms with E-state index < -0.39 is 6.03 Å². The molecule has 2 amide bonds. The fourth-order valence-electron chi connectivity index (χ4n) is 5.67. The molecule has 4 aromatic heterocycles. The van der Waals surface area contributed by atoms with Crippen LogP contribution < -0.4 is 31.9 Å². The fraction of sp³-hybridized carbons (Fsp3) is 0.270. The van der Waals surface area contributed by atoms with Crippen LogP contribution in [0.5, 0.6) is 0 Å². The molecule has 0 radical (unpaired) electrons. The minimum absolute atomic E-state index is 0.351. The van der Waals surface area contributed by atoms with Crippen molar-refractivity contribution in [1.82, 2.24) is 39.7 Å². The minimum Gasteiger partial charge on any atom is -0.337 e. The van der Waals surface area contributed by atoms with Crippen molar-refractivity contribution in [3.63, 3.8) is 0 Å². The number of nitrogens with two attached hydrogens (primary N) is 2. The SMILES string of the molecule is CCc1cc(CN)ccc1N(C)c1cc2c(cn1)ncn2C.CCc1cc(CNC(=O)NC#N)ccc1N(C)c1cc2c(cn1)ncn2C.N#CN. The zero-order chi connectivity index (χ0) is 37.8. The number of carbonyl (C=O) groups excluding carboxylic acids is 1. The third kappa shape index (κ3) is 8.90. The van der Waals surface area contributed by atoms with Crippen LogP contribution in [0.2, 0.25) is 0 Å². The van der Waals surface area contributed by atoms with Gasteiger partial charge in [0, 0.05) is 64.8 Å². The summed E-state index contributed by atoms with van der Waals surface area (Å²) in [5, 5.41) is 20.2. The van der Waals surface area contributed by atoms with Crippen LogP contribution in [0.1, 0.15) is 36.1 Å². The Morgan fingerprint density at radius 1 is 0.788 bits per heavy atom. The van der Waals surface area contributed by atoms with E-state index in [9.17, 15) is 4.79 Å². The highest BCUT2D eigenvalue weighted by molar-refractivity contribution is 5.80. The van der Waals surface area contributed by atoms with Gasteiger partial charge in [0.2, 0.25) is 0 Å². The first-order valence-corrected chi connectivity index (χ1v) is 16.6. The molecule has 15 nitrogen and oxygen atoms in total. The second-order valence-electron chi connectivity index (χ2n) is 11.8. The van der Waals surface area contributed by atoms with Gasteiger partial charge < -0.3 is 35.7 Å². The number of nitrogens with zero attached hydrogens (tertiary/aromatic N) is 10. The number of carbonyl (C=O) groups is 1. The van der Waals surface area contributed by atoms with Gasteiger partial charge in [-0.05, 0) is 47.2 Å². The molecule has 0 unspecified atom stereocenters. The molecular formula is C37H44N14O. The highest BCUT2D eigenvalue weighted by atomic mass is 16.2. The van der Waals surface area contributed by atoms with Gasteiger partial charge in [-0.25, -0.2) is 30.0 Å². The first kappa shape index (κ1) is 38.1. The number of aromatic nitrogens is 6. The van der Waals surface area contributed by atoms with Crippen molar-refractivity contribution in [2.24, 2.45) is 25.6 Å². The summed E-state index contributed by atoms with van der Waals surface area (Å²) in [6.07, 6.45) is 11.8. The van der Waals surface area contributed by atoms with Crippen molar-refractivity contribution in [1.29, 1.82) is 10.5 Å². The van der Waals surface area contributed by atoms with Crippen molar-refractivity contribution in [2.75, 3.05) is 23.9 Å². The summed E-state index contributed by atoms with van der Waals surface area (Å²) < 4.78 is 3.97. The summed E-state index contributed by atoms with van der Waals surface area (Å²) in [6, 6.07) is 16.0. The average Bonchev–Trinajstić information content (AvgIpc) is 3.74. The number of benzene rings is 2. The number of urea groups is 1. The van der Waals surface area contributed by atoms with Crippen molar-refractivity contribution in [2.45, 2.75) is 39.8 Å². The Labute approximate surface area is 303 Å². The maximum Gasteiger partial charge on any atom is 0.328 e. The first-order valence-electron chi connectivity index (χ1n) is 16.6. The number of hydrogen-bond acceptors (Lipinski definition) is 11. The quantitative estimate of drug-likeness (QED) is 0.119. The van der Waals surface area contributed by atoms with Crippen LogP contribution >= 0.6 is 0 Å². The monoisotopic (exact) mass is 700 g/mol.